The van der Waals surface area contributed by atoms with E-state index in [-0.39, 0.29) is 80.4 Å². The molecular weight excluding hydrogens is 1830 g/mol. The van der Waals surface area contributed by atoms with Gasteiger partial charge in [-0.1, -0.05) is 195 Å². The van der Waals surface area contributed by atoms with Crippen molar-refractivity contribution in [1.29, 1.82) is 0 Å². The molecule has 9 aromatic carbocycles. The second-order valence-electron chi connectivity index (χ2n) is 22.4. The molecule has 8 heterocycles. The van der Waals surface area contributed by atoms with E-state index in [1.807, 2.05) is 36.4 Å². The zero-order valence-electron chi connectivity index (χ0n) is 49.5. The Bertz CT molecular complexity index is 4440. The first-order valence-corrected chi connectivity index (χ1v) is 30.4. The van der Waals surface area contributed by atoms with E-state index in [0.29, 0.717) is 0 Å². The zero-order chi connectivity index (χ0) is 57.4. The molecule has 0 unspecified atom stereocenters. The van der Waals surface area contributed by atoms with Crippen LogP contribution in [0.4, 0.5) is 0 Å². The van der Waals surface area contributed by atoms with Gasteiger partial charge in [-0.2, -0.15) is 20.4 Å². The van der Waals surface area contributed by atoms with Gasteiger partial charge in [0.15, 0.2) is 0 Å². The van der Waals surface area contributed by atoms with Crippen molar-refractivity contribution < 1.29 is 80.4 Å². The van der Waals surface area contributed by atoms with Gasteiger partial charge in [-0.05, 0) is 51.4 Å². The zero-order valence-corrected chi connectivity index (χ0v) is 59.1. The molecule has 0 saturated heterocycles. The predicted molar refractivity (Wildman–Crippen MR) is 340 cm³/mol. The molecule has 0 atom stereocenters. The van der Waals surface area contributed by atoms with Crippen molar-refractivity contribution in [1.82, 2.24) is 59.1 Å². The van der Waals surface area contributed by atoms with Gasteiger partial charge < -0.3 is 18.3 Å². The van der Waals surface area contributed by atoms with Crippen molar-refractivity contribution in [2.75, 3.05) is 0 Å². The number of fused-ring (bicyclic) bond motifs is 6. The van der Waals surface area contributed by atoms with Crippen LogP contribution in [0.5, 0.6) is 0 Å². The number of aromatic nitrogens is 12. The molecule has 0 bridgehead atoms. The van der Waals surface area contributed by atoms with Crippen molar-refractivity contribution in [3.8, 4) is 78.9 Å². The van der Waals surface area contributed by atoms with Gasteiger partial charge in [-0.15, -0.1) is 121 Å². The second-order valence-corrected chi connectivity index (χ2v) is 22.4. The molecule has 0 amide bonds. The molecule has 0 N–H and O–H groups in total. The van der Waals surface area contributed by atoms with E-state index in [1.165, 1.54) is 95.2 Å². The Morgan fingerprint density at radius 1 is 0.289 bits per heavy atom. The van der Waals surface area contributed by atoms with E-state index in [1.54, 1.807) is 0 Å². The second kappa shape index (κ2) is 31.1. The summed E-state index contributed by atoms with van der Waals surface area (Å²) in [5.74, 6) is 8.23. The maximum absolute atomic E-state index is 4.54. The molecule has 460 valence electrons. The Hall–Kier alpha value is -7.34. The van der Waals surface area contributed by atoms with Gasteiger partial charge in [0, 0.05) is 132 Å². The molecule has 4 radical (unpaired) electrons. The van der Waals surface area contributed by atoms with Crippen LogP contribution in [0.2, 0.25) is 0 Å². The number of aryl methyl sites for hydroxylation is 4. The molecule has 0 fully saturated rings. The summed E-state index contributed by atoms with van der Waals surface area (Å²) in [6.45, 7) is 4.05. The number of benzene rings is 9. The summed E-state index contributed by atoms with van der Waals surface area (Å²) in [4.78, 5) is 0. The van der Waals surface area contributed by atoms with E-state index >= 15 is 0 Å². The van der Waals surface area contributed by atoms with E-state index < -0.39 is 0 Å². The van der Waals surface area contributed by atoms with Crippen LogP contribution in [0.25, 0.3) is 100 Å². The molecule has 0 spiro atoms. The van der Waals surface area contributed by atoms with Gasteiger partial charge in [-0.25, -0.2) is 0 Å². The molecule has 16 heteroatoms. The maximum Gasteiger partial charge on any atom is 0.124 e. The molecular formula is C74H64Ir4N12-4. The fraction of sp³-hybridized carbons (Fsp3) is 0.216. The minimum Gasteiger partial charge on any atom is -0.351 e. The number of rotatable bonds is 7. The van der Waals surface area contributed by atoms with E-state index in [9.17, 15) is 0 Å². The van der Waals surface area contributed by atoms with Crippen LogP contribution in [0, 0.1) is 24.3 Å². The average molecular weight is 1890 g/mol. The van der Waals surface area contributed by atoms with Crippen molar-refractivity contribution in [3.05, 3.63) is 242 Å². The molecule has 13 aromatic rings. The van der Waals surface area contributed by atoms with Crippen LogP contribution in [0.15, 0.2) is 194 Å². The molecule has 0 saturated carbocycles. The number of nitrogens with zero attached hydrogens (tertiary/aromatic N) is 12. The van der Waals surface area contributed by atoms with Crippen molar-refractivity contribution >= 4 is 21.5 Å². The van der Waals surface area contributed by atoms with Gasteiger partial charge in [0.25, 0.3) is 0 Å². The van der Waals surface area contributed by atoms with Crippen molar-refractivity contribution in [2.45, 2.75) is 103 Å². The summed E-state index contributed by atoms with van der Waals surface area (Å²) >= 11 is 0. The Morgan fingerprint density at radius 2 is 0.722 bits per heavy atom. The Balaban J connectivity index is 0.000000131. The van der Waals surface area contributed by atoms with Crippen molar-refractivity contribution in [3.63, 3.8) is 0 Å². The molecule has 12 nitrogen and oxygen atoms in total. The molecule has 4 aliphatic rings. The van der Waals surface area contributed by atoms with E-state index in [0.717, 1.165) is 132 Å². The van der Waals surface area contributed by atoms with Crippen LogP contribution in [-0.2, 0) is 132 Å². The van der Waals surface area contributed by atoms with Crippen LogP contribution < -0.4 is 0 Å². The van der Waals surface area contributed by atoms with Crippen LogP contribution in [0.3, 0.4) is 0 Å². The van der Waals surface area contributed by atoms with Crippen LogP contribution in [0.1, 0.15) is 74.7 Å². The summed E-state index contributed by atoms with van der Waals surface area (Å²) in [5, 5.41) is 39.9. The quantitative estimate of drug-likeness (QED) is 0.145. The minimum atomic E-state index is 0. The van der Waals surface area contributed by atoms with Crippen LogP contribution >= 0.6 is 0 Å². The molecule has 0 aliphatic carbocycles. The standard InChI is InChI=1S/C24H20N3.C18H16N3.2C16H14N3.4Ir/c1-3-9-18(10-4-1)20-14-15-21(22(17-20)19-11-5-2-6-12-19)24-26-25-23-13-7-8-16-27(23)24;1-2-6-14(7-3-1)15-9-11-16(12-10-15)18-20-19-17-8-4-5-13-21(17)18;1-2-8-13-12(6-1)7-5-9-14(13)16-18-17-15-10-3-4-11-19(15)16;1-2-6-13-11-14(9-8-12(13)5-1)16-18-17-15-7-3-4-10-19(15)16;;;;/h1-6,9-12,14,17H,7-8,13,16H2;1-3,6-7,9-11H,4-5,8,13H2;1-2,5-8H,3-4,10-11H2;1-2,5-6,8,11H,3-4,7,10H2;;;;/q4*-1;;;;. The summed E-state index contributed by atoms with van der Waals surface area (Å²) < 4.78 is 8.99. The van der Waals surface area contributed by atoms with Gasteiger partial charge >= 0.3 is 0 Å². The Kier molecular flexibility index (Phi) is 22.7. The monoisotopic (exact) mass is 1890 g/mol. The maximum atomic E-state index is 4.54. The summed E-state index contributed by atoms with van der Waals surface area (Å²) in [6, 6.07) is 80.5. The Labute approximate surface area is 579 Å². The largest absolute Gasteiger partial charge is 0.351 e. The number of hydrogen-bond acceptors (Lipinski definition) is 8. The first-order valence-electron chi connectivity index (χ1n) is 30.4. The summed E-state index contributed by atoms with van der Waals surface area (Å²) in [7, 11) is 0. The van der Waals surface area contributed by atoms with E-state index in [4.69, 9.17) is 0 Å². The first-order chi connectivity index (χ1) is 42.7. The smallest absolute Gasteiger partial charge is 0.124 e. The van der Waals surface area contributed by atoms with Gasteiger partial charge in [-0.3, -0.25) is 0 Å². The molecule has 90 heavy (non-hydrogen) atoms. The molecule has 4 aromatic heterocycles. The average Bonchev–Trinajstić information content (AvgIpc) is 1.58. The van der Waals surface area contributed by atoms with Gasteiger partial charge in [0.2, 0.25) is 0 Å². The van der Waals surface area contributed by atoms with Gasteiger partial charge in [0.05, 0.1) is 23.3 Å². The molecule has 4 aliphatic heterocycles. The third-order valence-corrected chi connectivity index (χ3v) is 16.8. The fourth-order valence-corrected chi connectivity index (χ4v) is 12.3. The fourth-order valence-electron chi connectivity index (χ4n) is 12.3. The van der Waals surface area contributed by atoms with Crippen molar-refractivity contribution in [2.24, 2.45) is 0 Å². The third kappa shape index (κ3) is 14.4. The Morgan fingerprint density at radius 3 is 1.27 bits per heavy atom. The normalized spacial score (nSPS) is 13.4. The van der Waals surface area contributed by atoms with E-state index in [2.05, 4.69) is 241 Å². The predicted octanol–water partition coefficient (Wildman–Crippen LogP) is 15.6. The summed E-state index contributed by atoms with van der Waals surface area (Å²) in [6.07, 6.45) is 13.8. The first kappa shape index (κ1) is 65.6. The molecule has 17 rings (SSSR count). The van der Waals surface area contributed by atoms with Gasteiger partial charge in [0.1, 0.15) is 23.3 Å². The minimum absolute atomic E-state index is 0. The third-order valence-electron chi connectivity index (χ3n) is 16.8. The topological polar surface area (TPSA) is 123 Å². The SMILES string of the molecule is [Ir].[Ir].[Ir].[Ir].[c-]1cc(-c2ccccc2)cc(-c2ccccc2)c1-c1nnc2n1CCCC2.[c-]1cc(-c2ccccc2)ccc1-c1nnc2n1CCCC2.[c-]1cc2ccccc2cc1-c1nnc2n1CCCC2.[c-]1ccc2ccccc2c1-c1nnc2n1CCCC2. The number of hydrogen-bond donors (Lipinski definition) is 0. The summed E-state index contributed by atoms with van der Waals surface area (Å²) in [5.41, 5.74) is 11.2. The van der Waals surface area contributed by atoms with Crippen LogP contribution in [-0.4, -0.2) is 59.1 Å².